The third kappa shape index (κ3) is 3.18. The molecule has 0 fully saturated rings. The SMILES string of the molecule is Cc1nn(-c2ccc(F)cc2)c2sc(C(=O)N(C(C)C)C(C)C)cc12. The van der Waals surface area contributed by atoms with Crippen molar-refractivity contribution in [2.24, 2.45) is 0 Å². The molecule has 132 valence electrons. The number of nitrogens with zero attached hydrogens (tertiary/aromatic N) is 3. The molecule has 0 bridgehead atoms. The van der Waals surface area contributed by atoms with E-state index >= 15 is 0 Å². The lowest BCUT2D eigenvalue weighted by atomic mass is 10.2. The van der Waals surface area contributed by atoms with Gasteiger partial charge in [0, 0.05) is 17.5 Å². The molecule has 25 heavy (non-hydrogen) atoms. The maximum Gasteiger partial charge on any atom is 0.264 e. The van der Waals surface area contributed by atoms with Crippen LogP contribution in [0.25, 0.3) is 15.9 Å². The molecule has 0 radical (unpaired) electrons. The summed E-state index contributed by atoms with van der Waals surface area (Å²) in [6, 6.07) is 8.39. The molecule has 0 saturated carbocycles. The van der Waals surface area contributed by atoms with E-state index in [-0.39, 0.29) is 23.8 Å². The van der Waals surface area contributed by atoms with Gasteiger partial charge in [0.15, 0.2) is 0 Å². The van der Waals surface area contributed by atoms with E-state index in [1.807, 2.05) is 45.6 Å². The number of amides is 1. The summed E-state index contributed by atoms with van der Waals surface area (Å²) < 4.78 is 15.0. The summed E-state index contributed by atoms with van der Waals surface area (Å²) >= 11 is 1.43. The number of hydrogen-bond donors (Lipinski definition) is 0. The molecule has 6 heteroatoms. The Bertz CT molecular complexity index is 901. The van der Waals surface area contributed by atoms with Gasteiger partial charge < -0.3 is 4.90 Å². The van der Waals surface area contributed by atoms with Crippen molar-refractivity contribution in [2.45, 2.75) is 46.7 Å². The van der Waals surface area contributed by atoms with Gasteiger partial charge in [0.25, 0.3) is 5.91 Å². The molecule has 0 aliphatic rings. The largest absolute Gasteiger partial charge is 0.333 e. The predicted molar refractivity (Wildman–Crippen MR) is 100 cm³/mol. The minimum Gasteiger partial charge on any atom is -0.333 e. The Morgan fingerprint density at radius 3 is 2.32 bits per heavy atom. The minimum absolute atomic E-state index is 0.0382. The van der Waals surface area contributed by atoms with Crippen LogP contribution >= 0.6 is 11.3 Å². The summed E-state index contributed by atoms with van der Waals surface area (Å²) in [6.07, 6.45) is 0. The van der Waals surface area contributed by atoms with Crippen molar-refractivity contribution in [3.63, 3.8) is 0 Å². The van der Waals surface area contributed by atoms with E-state index in [0.717, 1.165) is 21.6 Å². The first-order valence-electron chi connectivity index (χ1n) is 8.37. The van der Waals surface area contributed by atoms with Crippen molar-refractivity contribution < 1.29 is 9.18 Å². The summed E-state index contributed by atoms with van der Waals surface area (Å²) in [5.41, 5.74) is 1.64. The Labute approximate surface area is 150 Å². The third-order valence-corrected chi connectivity index (χ3v) is 5.27. The molecule has 1 aromatic carbocycles. The second-order valence-corrected chi connectivity index (χ2v) is 7.73. The van der Waals surface area contributed by atoms with Gasteiger partial charge in [0.1, 0.15) is 10.6 Å². The second kappa shape index (κ2) is 6.59. The van der Waals surface area contributed by atoms with Gasteiger partial charge >= 0.3 is 0 Å². The van der Waals surface area contributed by atoms with Crippen molar-refractivity contribution in [1.82, 2.24) is 14.7 Å². The van der Waals surface area contributed by atoms with Gasteiger partial charge in [-0.1, -0.05) is 0 Å². The average Bonchev–Trinajstić information content (AvgIpc) is 3.08. The second-order valence-electron chi connectivity index (χ2n) is 6.70. The van der Waals surface area contributed by atoms with Crippen molar-refractivity contribution in [3.8, 4) is 5.69 Å². The fourth-order valence-electron chi connectivity index (χ4n) is 3.10. The van der Waals surface area contributed by atoms with Crippen LogP contribution in [0, 0.1) is 12.7 Å². The van der Waals surface area contributed by atoms with Crippen molar-refractivity contribution in [1.29, 1.82) is 0 Å². The normalized spacial score (nSPS) is 11.7. The maximum atomic E-state index is 13.2. The van der Waals surface area contributed by atoms with Crippen LogP contribution in [0.1, 0.15) is 43.1 Å². The zero-order valence-electron chi connectivity index (χ0n) is 15.1. The quantitative estimate of drug-likeness (QED) is 0.671. The molecule has 3 aromatic rings. The number of benzene rings is 1. The first kappa shape index (κ1) is 17.6. The molecule has 4 nitrogen and oxygen atoms in total. The molecule has 0 atom stereocenters. The van der Waals surface area contributed by atoms with Gasteiger partial charge in [0.05, 0.1) is 16.3 Å². The number of aryl methyl sites for hydroxylation is 1. The summed E-state index contributed by atoms with van der Waals surface area (Å²) in [5.74, 6) is -0.244. The number of carbonyl (C=O) groups excluding carboxylic acids is 1. The lowest BCUT2D eigenvalue weighted by Gasteiger charge is -2.30. The van der Waals surface area contributed by atoms with Gasteiger partial charge in [0.2, 0.25) is 0 Å². The predicted octanol–water partition coefficient (Wildman–Crippen LogP) is 4.79. The van der Waals surface area contributed by atoms with E-state index in [1.54, 1.807) is 16.8 Å². The van der Waals surface area contributed by atoms with E-state index < -0.39 is 0 Å². The number of halogens is 1. The third-order valence-electron chi connectivity index (χ3n) is 4.17. The van der Waals surface area contributed by atoms with E-state index in [4.69, 9.17) is 0 Å². The summed E-state index contributed by atoms with van der Waals surface area (Å²) in [4.78, 5) is 16.4. The van der Waals surface area contributed by atoms with Crippen LogP contribution in [0.3, 0.4) is 0 Å². The fourth-order valence-corrected chi connectivity index (χ4v) is 4.23. The van der Waals surface area contributed by atoms with Crippen molar-refractivity contribution in [2.75, 3.05) is 0 Å². The molecule has 0 unspecified atom stereocenters. The van der Waals surface area contributed by atoms with Gasteiger partial charge in [-0.15, -0.1) is 11.3 Å². The van der Waals surface area contributed by atoms with Crippen LogP contribution in [0.5, 0.6) is 0 Å². The Hall–Kier alpha value is -2.21. The van der Waals surface area contributed by atoms with E-state index in [9.17, 15) is 9.18 Å². The smallest absolute Gasteiger partial charge is 0.264 e. The molecule has 2 aromatic heterocycles. The molecule has 2 heterocycles. The van der Waals surface area contributed by atoms with Crippen LogP contribution in [0.2, 0.25) is 0 Å². The highest BCUT2D eigenvalue weighted by Gasteiger charge is 2.25. The standard InChI is InChI=1S/C19H22FN3OS/c1-11(2)22(12(3)4)18(24)17-10-16-13(5)21-23(19(16)25-17)15-8-6-14(20)7-9-15/h6-12H,1-5H3. The number of carbonyl (C=O) groups is 1. The molecule has 0 aliphatic heterocycles. The van der Waals surface area contributed by atoms with Gasteiger partial charge in [-0.25, -0.2) is 9.07 Å². The van der Waals surface area contributed by atoms with E-state index in [0.29, 0.717) is 4.88 Å². The maximum absolute atomic E-state index is 13.2. The van der Waals surface area contributed by atoms with Crippen LogP contribution in [-0.2, 0) is 0 Å². The van der Waals surface area contributed by atoms with Crippen LogP contribution in [0.15, 0.2) is 30.3 Å². The molecule has 0 N–H and O–H groups in total. The highest BCUT2D eigenvalue weighted by atomic mass is 32.1. The Kier molecular flexibility index (Phi) is 4.64. The average molecular weight is 359 g/mol. The first-order valence-corrected chi connectivity index (χ1v) is 9.19. The summed E-state index contributed by atoms with van der Waals surface area (Å²) in [6.45, 7) is 10.0. The fraction of sp³-hybridized carbons (Fsp3) is 0.368. The topological polar surface area (TPSA) is 38.1 Å². The van der Waals surface area contributed by atoms with Gasteiger partial charge in [-0.05, 0) is 65.0 Å². The molecule has 0 spiro atoms. The van der Waals surface area contributed by atoms with Crippen LogP contribution in [0.4, 0.5) is 4.39 Å². The highest BCUT2D eigenvalue weighted by molar-refractivity contribution is 7.20. The first-order chi connectivity index (χ1) is 11.8. The Morgan fingerprint density at radius 1 is 1.16 bits per heavy atom. The summed E-state index contributed by atoms with van der Waals surface area (Å²) in [5, 5.41) is 5.51. The van der Waals surface area contributed by atoms with Crippen molar-refractivity contribution in [3.05, 3.63) is 46.7 Å². The summed E-state index contributed by atoms with van der Waals surface area (Å²) in [7, 11) is 0. The molecule has 0 aliphatic carbocycles. The molecule has 1 amide bonds. The highest BCUT2D eigenvalue weighted by Crippen LogP contribution is 2.31. The van der Waals surface area contributed by atoms with Crippen molar-refractivity contribution >= 4 is 27.5 Å². The molecular weight excluding hydrogens is 337 g/mol. The number of rotatable bonds is 4. The Morgan fingerprint density at radius 2 is 1.76 bits per heavy atom. The minimum atomic E-state index is -0.282. The number of thiophene rings is 1. The monoisotopic (exact) mass is 359 g/mol. The lowest BCUT2D eigenvalue weighted by Crippen LogP contribution is -2.41. The lowest BCUT2D eigenvalue weighted by molar-refractivity contribution is 0.0649. The number of hydrogen-bond acceptors (Lipinski definition) is 3. The zero-order chi connectivity index (χ0) is 18.3. The molecule has 3 rings (SSSR count). The molecule has 0 saturated heterocycles. The Balaban J connectivity index is 2.07. The van der Waals surface area contributed by atoms with Gasteiger partial charge in [-0.2, -0.15) is 5.10 Å². The van der Waals surface area contributed by atoms with Crippen LogP contribution in [-0.4, -0.2) is 32.7 Å². The number of aromatic nitrogens is 2. The zero-order valence-corrected chi connectivity index (χ0v) is 15.9. The molecular formula is C19H22FN3OS. The van der Waals surface area contributed by atoms with Crippen LogP contribution < -0.4 is 0 Å². The van der Waals surface area contributed by atoms with E-state index in [2.05, 4.69) is 5.10 Å². The van der Waals surface area contributed by atoms with E-state index in [1.165, 1.54) is 23.5 Å². The number of fused-ring (bicyclic) bond motifs is 1. The van der Waals surface area contributed by atoms with Gasteiger partial charge in [-0.3, -0.25) is 4.79 Å².